The van der Waals surface area contributed by atoms with Crippen LogP contribution in [-0.2, 0) is 6.42 Å². The van der Waals surface area contributed by atoms with E-state index in [1.807, 2.05) is 36.6 Å². The molecule has 0 amide bonds. The summed E-state index contributed by atoms with van der Waals surface area (Å²) in [7, 11) is 0. The van der Waals surface area contributed by atoms with Gasteiger partial charge in [-0.25, -0.2) is 0 Å². The maximum atomic E-state index is 7.17. The molecule has 4 unspecified atom stereocenters. The molecule has 3 aliphatic rings. The van der Waals surface area contributed by atoms with Gasteiger partial charge in [0.2, 0.25) is 0 Å². The SMILES string of the molecule is C=C/C=C(\C=C)C=NC(NC(N)C1=CC=CCC1)C1C=C(c2ccc(C3C=CC=CC3)cc2)C(n2c3c#cccc3c3c4oc5cc6oc7ccccc7c6cc5c4ccc32)=C(C(/C=C\Cc2ccccc2)=C/CC)C1. The normalized spacial score (nSPS) is 18.2. The molecule has 9 aromatic rings. The fraction of sp³-hybridized carbons (Fsp3) is 0.157. The van der Waals surface area contributed by atoms with Crippen molar-refractivity contribution in [1.29, 1.82) is 0 Å². The number of nitrogens with two attached hydrogens (primary N) is 1. The molecular formula is C70H60N4O2. The Balaban J connectivity index is 1.11. The van der Waals surface area contributed by atoms with Gasteiger partial charge in [0.25, 0.3) is 0 Å². The number of benzene rings is 5. The van der Waals surface area contributed by atoms with Crippen molar-refractivity contribution in [2.75, 3.05) is 0 Å². The maximum absolute atomic E-state index is 7.17. The van der Waals surface area contributed by atoms with E-state index in [4.69, 9.17) is 19.6 Å². The molecule has 0 radical (unpaired) electrons. The minimum Gasteiger partial charge on any atom is -0.456 e. The molecule has 3 heterocycles. The molecule has 6 heteroatoms. The molecule has 0 saturated carbocycles. The van der Waals surface area contributed by atoms with Crippen molar-refractivity contribution in [3.63, 3.8) is 0 Å². The first kappa shape index (κ1) is 48.2. The summed E-state index contributed by atoms with van der Waals surface area (Å²) in [6, 6.07) is 48.1. The lowest BCUT2D eigenvalue weighted by atomic mass is 9.79. The quantitative estimate of drug-likeness (QED) is 0.0574. The fourth-order valence-electron chi connectivity index (χ4n) is 11.5. The second-order valence-electron chi connectivity index (χ2n) is 20.0. The lowest BCUT2D eigenvalue weighted by molar-refractivity contribution is 0.385. The number of hydrogen-bond acceptors (Lipinski definition) is 5. The maximum Gasteiger partial charge on any atom is 0.145 e. The number of rotatable bonds is 16. The Morgan fingerprint density at radius 3 is 2.51 bits per heavy atom. The number of fused-ring (bicyclic) bond motifs is 10. The van der Waals surface area contributed by atoms with Gasteiger partial charge in [-0.3, -0.25) is 10.3 Å². The third-order valence-corrected chi connectivity index (χ3v) is 15.2. The summed E-state index contributed by atoms with van der Waals surface area (Å²) in [5.74, 6) is 0.151. The van der Waals surface area contributed by atoms with Crippen LogP contribution in [0.3, 0.4) is 0 Å². The molecule has 372 valence electrons. The van der Waals surface area contributed by atoms with Crippen LogP contribution in [0.5, 0.6) is 0 Å². The second-order valence-corrected chi connectivity index (χ2v) is 20.0. The molecule has 3 aromatic heterocycles. The Morgan fingerprint density at radius 2 is 1.71 bits per heavy atom. The van der Waals surface area contributed by atoms with E-state index in [2.05, 4.69) is 206 Å². The molecule has 6 nitrogen and oxygen atoms in total. The number of furan rings is 2. The van der Waals surface area contributed by atoms with Crippen molar-refractivity contribution in [1.82, 2.24) is 9.88 Å². The zero-order chi connectivity index (χ0) is 51.5. The summed E-state index contributed by atoms with van der Waals surface area (Å²) in [6.07, 6.45) is 36.4. The Kier molecular flexibility index (Phi) is 13.5. The molecule has 0 bridgehead atoms. The molecule has 12 rings (SSSR count). The zero-order valence-corrected chi connectivity index (χ0v) is 42.9. The Bertz CT molecular complexity index is 4040. The third-order valence-electron chi connectivity index (χ3n) is 15.2. The summed E-state index contributed by atoms with van der Waals surface area (Å²) < 4.78 is 15.9. The molecule has 0 spiro atoms. The summed E-state index contributed by atoms with van der Waals surface area (Å²) in [5.41, 5.74) is 22.5. The van der Waals surface area contributed by atoms with Gasteiger partial charge in [0.15, 0.2) is 0 Å². The van der Waals surface area contributed by atoms with E-state index < -0.39 is 12.3 Å². The minimum atomic E-state index is -0.429. The average Bonchev–Trinajstić information content (AvgIpc) is 4.15. The highest BCUT2D eigenvalue weighted by Gasteiger charge is 2.34. The molecule has 76 heavy (non-hydrogen) atoms. The molecule has 4 atom stereocenters. The van der Waals surface area contributed by atoms with Crippen LogP contribution in [0.15, 0.2) is 250 Å². The predicted octanol–water partition coefficient (Wildman–Crippen LogP) is 17.1. The van der Waals surface area contributed by atoms with Crippen molar-refractivity contribution in [2.45, 2.75) is 63.7 Å². The van der Waals surface area contributed by atoms with Crippen LogP contribution in [0.2, 0.25) is 0 Å². The molecule has 0 saturated heterocycles. The Labute approximate surface area is 444 Å². The molecule has 0 aliphatic heterocycles. The third kappa shape index (κ3) is 9.19. The molecule has 0 fully saturated rings. The smallest absolute Gasteiger partial charge is 0.145 e. The van der Waals surface area contributed by atoms with Crippen LogP contribution < -0.4 is 11.1 Å². The highest BCUT2D eigenvalue weighted by atomic mass is 16.3. The van der Waals surface area contributed by atoms with Gasteiger partial charge < -0.3 is 19.1 Å². The van der Waals surface area contributed by atoms with Crippen molar-refractivity contribution in [2.24, 2.45) is 16.6 Å². The largest absolute Gasteiger partial charge is 0.456 e. The van der Waals surface area contributed by atoms with Crippen LogP contribution in [0.4, 0.5) is 0 Å². The van der Waals surface area contributed by atoms with Gasteiger partial charge >= 0.3 is 0 Å². The minimum absolute atomic E-state index is 0.153. The van der Waals surface area contributed by atoms with Crippen LogP contribution in [0.25, 0.3) is 77.0 Å². The highest BCUT2D eigenvalue weighted by Crippen LogP contribution is 2.48. The highest BCUT2D eigenvalue weighted by molar-refractivity contribution is 6.26. The predicted molar refractivity (Wildman–Crippen MR) is 319 cm³/mol. The topological polar surface area (TPSA) is 81.6 Å². The van der Waals surface area contributed by atoms with Gasteiger partial charge in [0.1, 0.15) is 34.0 Å². The van der Waals surface area contributed by atoms with Crippen LogP contribution >= 0.6 is 0 Å². The van der Waals surface area contributed by atoms with Crippen LogP contribution in [-0.4, -0.2) is 23.1 Å². The van der Waals surface area contributed by atoms with Crippen molar-refractivity contribution >= 4 is 83.2 Å². The van der Waals surface area contributed by atoms with E-state index in [0.29, 0.717) is 12.3 Å². The summed E-state index contributed by atoms with van der Waals surface area (Å²) in [5, 5.41) is 10.2. The summed E-state index contributed by atoms with van der Waals surface area (Å²) >= 11 is 0. The first-order valence-electron chi connectivity index (χ1n) is 26.7. The molecular weight excluding hydrogens is 929 g/mol. The van der Waals surface area contributed by atoms with E-state index in [0.717, 1.165) is 131 Å². The van der Waals surface area contributed by atoms with Crippen molar-refractivity contribution in [3.05, 3.63) is 265 Å². The Morgan fingerprint density at radius 1 is 0.868 bits per heavy atom. The average molecular weight is 989 g/mol. The van der Waals surface area contributed by atoms with Crippen LogP contribution in [0.1, 0.15) is 61.6 Å². The number of aliphatic imine (C=N–C) groups is 1. The van der Waals surface area contributed by atoms with Gasteiger partial charge in [-0.15, -0.1) is 0 Å². The lowest BCUT2D eigenvalue weighted by Crippen LogP contribution is -2.48. The van der Waals surface area contributed by atoms with E-state index in [-0.39, 0.29) is 5.92 Å². The van der Waals surface area contributed by atoms with Gasteiger partial charge in [0.05, 0.1) is 22.8 Å². The van der Waals surface area contributed by atoms with E-state index in [1.165, 1.54) is 16.7 Å². The first-order chi connectivity index (χ1) is 37.5. The zero-order valence-electron chi connectivity index (χ0n) is 42.9. The molecule has 6 aromatic carbocycles. The fourth-order valence-corrected chi connectivity index (χ4v) is 11.5. The van der Waals surface area contributed by atoms with Crippen molar-refractivity contribution in [3.8, 4) is 0 Å². The standard InChI is InChI=1S/C70H60N4O2/c1-4-21-46(6-3)45-72-70(73-69(71)52-28-14-9-15-29-52)53-41-57(50(22-5-2)30-20-25-47-23-10-7-11-24-47)67(58(42-53)51-37-35-49(36-38-51)48-26-12-8-13-27-48)74-61-33-18-16-32-56(61)66-62(74)40-39-55-60-43-59-54-31-17-19-34-63(54)75-64(59)44-65(60)76-68(55)66/h4,6-14,16-17,19-24,26,28,30-32,34-40,42-45,48,53,69-70,73H,1,3,5,15,25,27,29,41,71H2,2H3/b30-20-,46-21+,50-22+,72-45?. The van der Waals surface area contributed by atoms with Gasteiger partial charge in [-0.2, -0.15) is 0 Å². The number of nitrogens with zero attached hydrogens (tertiary/aromatic N) is 2. The number of nitrogens with one attached hydrogen (secondary N) is 1. The number of para-hydroxylation sites is 1. The van der Waals surface area contributed by atoms with Gasteiger partial charge in [-0.1, -0.05) is 184 Å². The first-order valence-corrected chi connectivity index (χ1v) is 26.7. The summed E-state index contributed by atoms with van der Waals surface area (Å²) in [6.45, 7) is 10.3. The monoisotopic (exact) mass is 988 g/mol. The molecule has 3 N–H and O–H groups in total. The van der Waals surface area contributed by atoms with Crippen LogP contribution in [0, 0.1) is 18.1 Å². The van der Waals surface area contributed by atoms with E-state index in [1.54, 1.807) is 6.08 Å². The second kappa shape index (κ2) is 21.2. The van der Waals surface area contributed by atoms with Crippen molar-refractivity contribution < 1.29 is 8.83 Å². The summed E-state index contributed by atoms with van der Waals surface area (Å²) in [4.78, 5) is 5.39. The van der Waals surface area contributed by atoms with E-state index in [9.17, 15) is 0 Å². The number of allylic oxidation sites excluding steroid dienone is 18. The van der Waals surface area contributed by atoms with Gasteiger partial charge in [-0.05, 0) is 120 Å². The lowest BCUT2D eigenvalue weighted by Gasteiger charge is -2.34. The Hall–Kier alpha value is -8.73. The number of aromatic nitrogens is 1. The van der Waals surface area contributed by atoms with Gasteiger partial charge in [0, 0.05) is 56.6 Å². The molecule has 3 aliphatic carbocycles. The number of hydrogen-bond donors (Lipinski definition) is 2. The van der Waals surface area contributed by atoms with E-state index >= 15 is 0 Å².